The minimum atomic E-state index is -0.323. The average molecular weight is 391 g/mol. The second-order valence-electron chi connectivity index (χ2n) is 6.98. The van der Waals surface area contributed by atoms with E-state index < -0.39 is 0 Å². The minimum absolute atomic E-state index is 0.217. The summed E-state index contributed by atoms with van der Waals surface area (Å²) in [5.74, 6) is -0.159. The molecule has 29 heavy (non-hydrogen) atoms. The van der Waals surface area contributed by atoms with Crippen molar-refractivity contribution < 1.29 is 9.18 Å². The van der Waals surface area contributed by atoms with Crippen LogP contribution in [0.1, 0.15) is 29.8 Å². The van der Waals surface area contributed by atoms with Crippen molar-refractivity contribution in [2.45, 2.75) is 19.3 Å². The molecule has 2 N–H and O–H groups in total. The van der Waals surface area contributed by atoms with Crippen LogP contribution in [-0.2, 0) is 0 Å². The van der Waals surface area contributed by atoms with Gasteiger partial charge >= 0.3 is 0 Å². The lowest BCUT2D eigenvalue weighted by molar-refractivity contribution is 0.102. The zero-order chi connectivity index (χ0) is 20.1. The second kappa shape index (κ2) is 8.68. The van der Waals surface area contributed by atoms with Crippen molar-refractivity contribution in [1.29, 1.82) is 0 Å². The first-order chi connectivity index (χ1) is 14.2. The lowest BCUT2D eigenvalue weighted by Gasteiger charge is -2.28. The number of carbonyl (C=O) groups excluding carboxylic acids is 1. The summed E-state index contributed by atoms with van der Waals surface area (Å²) >= 11 is 0. The quantitative estimate of drug-likeness (QED) is 0.665. The maximum atomic E-state index is 13.0. The van der Waals surface area contributed by atoms with Crippen LogP contribution in [0.25, 0.3) is 0 Å². The van der Waals surface area contributed by atoms with Crippen molar-refractivity contribution in [3.63, 3.8) is 0 Å². The predicted molar refractivity (Wildman–Crippen MR) is 112 cm³/mol. The monoisotopic (exact) mass is 391 g/mol. The Bertz CT molecular complexity index is 952. The number of rotatable bonds is 5. The molecule has 148 valence electrons. The molecule has 2 aromatic carbocycles. The van der Waals surface area contributed by atoms with Gasteiger partial charge in [0, 0.05) is 30.2 Å². The minimum Gasteiger partial charge on any atom is -0.372 e. The molecule has 4 rings (SSSR count). The molecule has 7 heteroatoms. The van der Waals surface area contributed by atoms with Gasteiger partial charge in [0.05, 0.1) is 0 Å². The van der Waals surface area contributed by atoms with Crippen molar-refractivity contribution in [3.8, 4) is 0 Å². The van der Waals surface area contributed by atoms with E-state index in [2.05, 4.69) is 25.7 Å². The highest BCUT2D eigenvalue weighted by molar-refractivity contribution is 6.02. The molecule has 1 saturated heterocycles. The second-order valence-corrected chi connectivity index (χ2v) is 6.98. The number of amides is 1. The first-order valence-corrected chi connectivity index (χ1v) is 9.70. The van der Waals surface area contributed by atoms with Crippen LogP contribution in [0.4, 0.5) is 27.3 Å². The van der Waals surface area contributed by atoms with Crippen LogP contribution in [0.2, 0.25) is 0 Å². The van der Waals surface area contributed by atoms with Crippen molar-refractivity contribution in [1.82, 2.24) is 10.2 Å². The van der Waals surface area contributed by atoms with E-state index in [-0.39, 0.29) is 17.4 Å². The maximum absolute atomic E-state index is 13.0. The summed E-state index contributed by atoms with van der Waals surface area (Å²) in [5, 5.41) is 13.8. The normalized spacial score (nSPS) is 13.8. The van der Waals surface area contributed by atoms with Gasteiger partial charge in [0.15, 0.2) is 11.5 Å². The summed E-state index contributed by atoms with van der Waals surface area (Å²) in [4.78, 5) is 14.8. The van der Waals surface area contributed by atoms with Crippen LogP contribution in [0.3, 0.4) is 0 Å². The van der Waals surface area contributed by atoms with E-state index in [0.29, 0.717) is 17.2 Å². The van der Waals surface area contributed by atoms with Crippen molar-refractivity contribution in [2.75, 3.05) is 28.6 Å². The van der Waals surface area contributed by atoms with Crippen LogP contribution in [0.5, 0.6) is 0 Å². The number of hydrogen-bond acceptors (Lipinski definition) is 5. The zero-order valence-corrected chi connectivity index (χ0v) is 15.9. The summed E-state index contributed by atoms with van der Waals surface area (Å²) in [6.07, 6.45) is 3.75. The van der Waals surface area contributed by atoms with Gasteiger partial charge in [0.1, 0.15) is 5.82 Å². The molecular weight excluding hydrogens is 369 g/mol. The van der Waals surface area contributed by atoms with Gasteiger partial charge in [-0.3, -0.25) is 4.79 Å². The van der Waals surface area contributed by atoms with Crippen molar-refractivity contribution in [3.05, 3.63) is 72.2 Å². The van der Waals surface area contributed by atoms with Gasteiger partial charge in [-0.05, 0) is 79.9 Å². The molecule has 0 radical (unpaired) electrons. The van der Waals surface area contributed by atoms with Gasteiger partial charge in [-0.15, -0.1) is 10.2 Å². The number of nitrogens with zero attached hydrogens (tertiary/aromatic N) is 3. The zero-order valence-electron chi connectivity index (χ0n) is 15.9. The third-order valence-electron chi connectivity index (χ3n) is 4.86. The topological polar surface area (TPSA) is 70.2 Å². The van der Waals surface area contributed by atoms with E-state index >= 15 is 0 Å². The highest BCUT2D eigenvalue weighted by Crippen LogP contribution is 2.22. The van der Waals surface area contributed by atoms with E-state index in [1.807, 2.05) is 24.3 Å². The SMILES string of the molecule is O=C(Nc1ccc(N2CCCCC2)cc1)c1ccc(Nc2ccc(F)cc2)nn1. The molecule has 0 unspecified atom stereocenters. The van der Waals surface area contributed by atoms with Gasteiger partial charge in [-0.1, -0.05) is 0 Å². The highest BCUT2D eigenvalue weighted by atomic mass is 19.1. The number of anilines is 4. The van der Waals surface area contributed by atoms with Gasteiger partial charge < -0.3 is 15.5 Å². The lowest BCUT2D eigenvalue weighted by atomic mass is 10.1. The Kier molecular flexibility index (Phi) is 5.65. The summed E-state index contributed by atoms with van der Waals surface area (Å²) in [7, 11) is 0. The molecule has 0 aliphatic carbocycles. The molecule has 0 spiro atoms. The van der Waals surface area contributed by atoms with Gasteiger partial charge in [-0.25, -0.2) is 4.39 Å². The van der Waals surface area contributed by atoms with E-state index in [9.17, 15) is 9.18 Å². The fourth-order valence-electron chi connectivity index (χ4n) is 3.30. The Morgan fingerprint density at radius 3 is 2.17 bits per heavy atom. The van der Waals surface area contributed by atoms with Crippen LogP contribution in [0.15, 0.2) is 60.7 Å². The number of nitrogens with one attached hydrogen (secondary N) is 2. The van der Waals surface area contributed by atoms with Crippen LogP contribution in [0, 0.1) is 5.82 Å². The summed E-state index contributed by atoms with van der Waals surface area (Å²) in [6, 6.07) is 17.0. The number of halogens is 1. The van der Waals surface area contributed by atoms with E-state index in [1.165, 1.54) is 37.1 Å². The lowest BCUT2D eigenvalue weighted by Crippen LogP contribution is -2.29. The van der Waals surface area contributed by atoms with E-state index in [0.717, 1.165) is 13.1 Å². The summed E-state index contributed by atoms with van der Waals surface area (Å²) in [6.45, 7) is 2.17. The van der Waals surface area contributed by atoms with Gasteiger partial charge in [-0.2, -0.15) is 0 Å². The van der Waals surface area contributed by atoms with Crippen molar-refractivity contribution in [2.24, 2.45) is 0 Å². The first kappa shape index (κ1) is 18.9. The van der Waals surface area contributed by atoms with E-state index in [1.54, 1.807) is 24.3 Å². The van der Waals surface area contributed by atoms with Gasteiger partial charge in [0.2, 0.25) is 0 Å². The summed E-state index contributed by atoms with van der Waals surface area (Å²) < 4.78 is 13.0. The molecule has 1 aliphatic rings. The molecule has 1 amide bonds. The molecule has 6 nitrogen and oxygen atoms in total. The smallest absolute Gasteiger partial charge is 0.276 e. The molecule has 0 bridgehead atoms. The number of carbonyl (C=O) groups is 1. The molecule has 1 aliphatic heterocycles. The standard InChI is InChI=1S/C22H22FN5O/c23-16-4-6-17(7-5-16)24-21-13-12-20(26-27-21)22(29)25-18-8-10-19(11-9-18)28-14-2-1-3-15-28/h4-13H,1-3,14-15H2,(H,24,27)(H,25,29). The Labute approximate surface area is 168 Å². The van der Waals surface area contributed by atoms with E-state index in [4.69, 9.17) is 0 Å². The fraction of sp³-hybridized carbons (Fsp3) is 0.227. The third kappa shape index (κ3) is 4.87. The number of hydrogen-bond donors (Lipinski definition) is 2. The Morgan fingerprint density at radius 1 is 0.828 bits per heavy atom. The Balaban J connectivity index is 1.36. The molecular formula is C22H22FN5O. The highest BCUT2D eigenvalue weighted by Gasteiger charge is 2.12. The average Bonchev–Trinajstić information content (AvgIpc) is 2.77. The predicted octanol–water partition coefficient (Wildman–Crippen LogP) is 4.60. The first-order valence-electron chi connectivity index (χ1n) is 9.70. The molecule has 1 aromatic heterocycles. The molecule has 0 atom stereocenters. The van der Waals surface area contributed by atoms with Crippen LogP contribution < -0.4 is 15.5 Å². The van der Waals surface area contributed by atoms with Crippen LogP contribution in [-0.4, -0.2) is 29.2 Å². The fourth-order valence-corrected chi connectivity index (χ4v) is 3.30. The third-order valence-corrected chi connectivity index (χ3v) is 4.86. The number of aromatic nitrogens is 2. The van der Waals surface area contributed by atoms with Crippen LogP contribution >= 0.6 is 0 Å². The molecule has 1 fully saturated rings. The Morgan fingerprint density at radius 2 is 1.52 bits per heavy atom. The Hall–Kier alpha value is -3.48. The summed E-state index contributed by atoms with van der Waals surface area (Å²) in [5.41, 5.74) is 2.80. The largest absolute Gasteiger partial charge is 0.372 e. The van der Waals surface area contributed by atoms with Gasteiger partial charge in [0.25, 0.3) is 5.91 Å². The van der Waals surface area contributed by atoms with Crippen molar-refractivity contribution >= 4 is 28.8 Å². The molecule has 0 saturated carbocycles. The number of piperidine rings is 1. The molecule has 3 aromatic rings. The number of benzene rings is 2. The molecule has 2 heterocycles. The maximum Gasteiger partial charge on any atom is 0.276 e.